The summed E-state index contributed by atoms with van der Waals surface area (Å²) < 4.78 is 13.1. The molecule has 0 fully saturated rings. The van der Waals surface area contributed by atoms with Crippen LogP contribution in [-0.4, -0.2) is 21.4 Å². The van der Waals surface area contributed by atoms with E-state index in [0.29, 0.717) is 27.8 Å². The van der Waals surface area contributed by atoms with Crippen LogP contribution in [0.3, 0.4) is 0 Å². The molecule has 0 unspecified atom stereocenters. The minimum atomic E-state index is -0.693. The van der Waals surface area contributed by atoms with Crippen molar-refractivity contribution in [3.63, 3.8) is 0 Å². The molecular weight excluding hydrogens is 414 g/mol. The number of rotatable bonds is 7. The first-order valence-electron chi connectivity index (χ1n) is 9.72. The zero-order valence-electron chi connectivity index (χ0n) is 17.1. The second-order valence-electron chi connectivity index (χ2n) is 6.93. The van der Waals surface area contributed by atoms with Gasteiger partial charge in [0.15, 0.2) is 11.1 Å². The molecule has 0 aliphatic heterocycles. The Morgan fingerprint density at radius 1 is 1.16 bits per heavy atom. The summed E-state index contributed by atoms with van der Waals surface area (Å²) in [5.74, 6) is 0.796. The first-order chi connectivity index (χ1) is 15.0. The lowest BCUT2D eigenvalue weighted by Gasteiger charge is -2.16. The number of thiazole rings is 1. The molecule has 8 heteroatoms. The van der Waals surface area contributed by atoms with Crippen molar-refractivity contribution in [1.29, 1.82) is 0 Å². The van der Waals surface area contributed by atoms with Gasteiger partial charge >= 0.3 is 0 Å². The molecule has 2 aromatic heterocycles. The van der Waals surface area contributed by atoms with Gasteiger partial charge in [-0.25, -0.2) is 4.98 Å². The smallest absolute Gasteiger partial charge is 0.265 e. The molecule has 1 atom stereocenters. The number of aromatic nitrogens is 2. The van der Waals surface area contributed by atoms with Gasteiger partial charge in [-0.15, -0.1) is 11.3 Å². The molecule has 1 N–H and O–H groups in total. The molecule has 0 aliphatic carbocycles. The minimum absolute atomic E-state index is 0.103. The van der Waals surface area contributed by atoms with E-state index in [0.717, 1.165) is 5.69 Å². The Hall–Kier alpha value is -3.65. The molecule has 31 heavy (non-hydrogen) atoms. The topological polar surface area (TPSA) is 81.9 Å². The summed E-state index contributed by atoms with van der Waals surface area (Å²) in [6, 6.07) is 17.7. The maximum Gasteiger partial charge on any atom is 0.265 e. The molecule has 4 rings (SSSR count). The highest BCUT2D eigenvalue weighted by Gasteiger charge is 2.17. The van der Waals surface area contributed by atoms with E-state index in [1.807, 2.05) is 36.6 Å². The van der Waals surface area contributed by atoms with Crippen LogP contribution in [0.15, 0.2) is 70.8 Å². The highest BCUT2D eigenvalue weighted by Crippen LogP contribution is 2.25. The molecule has 7 nitrogen and oxygen atoms in total. The van der Waals surface area contributed by atoms with Gasteiger partial charge in [0.2, 0.25) is 0 Å². The lowest BCUT2D eigenvalue weighted by atomic mass is 10.2. The van der Waals surface area contributed by atoms with Gasteiger partial charge in [0.25, 0.3) is 11.5 Å². The average Bonchev–Trinajstić information content (AvgIpc) is 3.15. The number of benzene rings is 2. The van der Waals surface area contributed by atoms with Gasteiger partial charge in [0, 0.05) is 17.1 Å². The van der Waals surface area contributed by atoms with Crippen molar-refractivity contribution in [2.45, 2.75) is 26.6 Å². The Bertz CT molecular complexity index is 1270. The number of ether oxygens (including phenoxy) is 2. The number of para-hydroxylation sites is 3. The molecule has 0 saturated carbocycles. The second-order valence-corrected chi connectivity index (χ2v) is 7.76. The van der Waals surface area contributed by atoms with Crippen molar-refractivity contribution in [2.24, 2.45) is 0 Å². The van der Waals surface area contributed by atoms with Crippen molar-refractivity contribution < 1.29 is 14.3 Å². The number of nitrogens with one attached hydrogen (secondary N) is 1. The SMILES string of the molecule is Cc1csc2nc(COc3ccccc3NC(=O)[C@H](C)Oc3ccccc3)cc(=O)n12. The van der Waals surface area contributed by atoms with Crippen LogP contribution >= 0.6 is 11.3 Å². The first-order valence-corrected chi connectivity index (χ1v) is 10.6. The summed E-state index contributed by atoms with van der Waals surface area (Å²) in [5.41, 5.74) is 1.75. The van der Waals surface area contributed by atoms with Crippen molar-refractivity contribution in [3.05, 3.63) is 87.8 Å². The number of nitrogens with zero attached hydrogens (tertiary/aromatic N) is 2. The van der Waals surface area contributed by atoms with Crippen molar-refractivity contribution in [3.8, 4) is 11.5 Å². The van der Waals surface area contributed by atoms with Crippen molar-refractivity contribution >= 4 is 27.9 Å². The molecule has 0 aliphatic rings. The van der Waals surface area contributed by atoms with Crippen LogP contribution in [0.2, 0.25) is 0 Å². The fourth-order valence-corrected chi connectivity index (χ4v) is 3.90. The summed E-state index contributed by atoms with van der Waals surface area (Å²) in [4.78, 5) is 30.0. The molecule has 1 amide bonds. The Morgan fingerprint density at radius 2 is 1.90 bits per heavy atom. The number of hydrogen-bond donors (Lipinski definition) is 1. The van der Waals surface area contributed by atoms with Crippen molar-refractivity contribution in [1.82, 2.24) is 9.38 Å². The summed E-state index contributed by atoms with van der Waals surface area (Å²) in [6.07, 6.45) is -0.693. The van der Waals surface area contributed by atoms with E-state index < -0.39 is 6.10 Å². The Morgan fingerprint density at radius 3 is 2.71 bits per heavy atom. The summed E-state index contributed by atoms with van der Waals surface area (Å²) >= 11 is 1.40. The quantitative estimate of drug-likeness (QED) is 0.474. The number of carbonyl (C=O) groups excluding carboxylic acids is 1. The fraction of sp³-hybridized carbons (Fsp3) is 0.174. The summed E-state index contributed by atoms with van der Waals surface area (Å²) in [7, 11) is 0. The third kappa shape index (κ3) is 4.75. The van der Waals surface area contributed by atoms with Crippen LogP contribution in [0.5, 0.6) is 11.5 Å². The van der Waals surface area contributed by atoms with E-state index in [1.54, 1.807) is 41.7 Å². The third-order valence-corrected chi connectivity index (χ3v) is 5.52. The number of anilines is 1. The van der Waals surface area contributed by atoms with E-state index >= 15 is 0 Å². The van der Waals surface area contributed by atoms with E-state index in [-0.39, 0.29) is 18.1 Å². The lowest BCUT2D eigenvalue weighted by Crippen LogP contribution is -2.30. The van der Waals surface area contributed by atoms with Gasteiger partial charge in [0.05, 0.1) is 11.4 Å². The van der Waals surface area contributed by atoms with Crippen LogP contribution < -0.4 is 20.3 Å². The summed E-state index contributed by atoms with van der Waals surface area (Å²) in [6.45, 7) is 3.65. The Balaban J connectivity index is 1.45. The molecule has 2 heterocycles. The van der Waals surface area contributed by atoms with Gasteiger partial charge in [-0.3, -0.25) is 14.0 Å². The predicted molar refractivity (Wildman–Crippen MR) is 120 cm³/mol. The van der Waals surface area contributed by atoms with E-state index in [4.69, 9.17) is 9.47 Å². The van der Waals surface area contributed by atoms with E-state index in [2.05, 4.69) is 10.3 Å². The number of aryl methyl sites for hydroxylation is 1. The van der Waals surface area contributed by atoms with Crippen LogP contribution in [0.1, 0.15) is 18.3 Å². The largest absolute Gasteiger partial charge is 0.485 e. The Kier molecular flexibility index (Phi) is 5.99. The van der Waals surface area contributed by atoms with E-state index in [9.17, 15) is 9.59 Å². The summed E-state index contributed by atoms with van der Waals surface area (Å²) in [5, 5.41) is 4.72. The zero-order valence-corrected chi connectivity index (χ0v) is 17.9. The number of fused-ring (bicyclic) bond motifs is 1. The molecule has 4 aromatic rings. The van der Waals surface area contributed by atoms with Gasteiger partial charge in [-0.2, -0.15) is 0 Å². The molecule has 0 radical (unpaired) electrons. The molecule has 158 valence electrons. The van der Waals surface area contributed by atoms with Gasteiger partial charge < -0.3 is 14.8 Å². The van der Waals surface area contributed by atoms with Gasteiger partial charge in [-0.05, 0) is 38.1 Å². The fourth-order valence-electron chi connectivity index (χ4n) is 3.01. The van der Waals surface area contributed by atoms with Crippen LogP contribution in [0.25, 0.3) is 4.96 Å². The standard InChI is InChI=1S/C23H21N3O4S/c1-15-14-31-23-24-17(12-21(27)26(15)23)13-29-20-11-7-6-10-19(20)25-22(28)16(2)30-18-8-4-3-5-9-18/h3-12,14,16H,13H2,1-2H3,(H,25,28)/t16-/m0/s1. The molecular formula is C23H21N3O4S. The normalized spacial score (nSPS) is 11.8. The number of hydrogen-bond acceptors (Lipinski definition) is 6. The number of amides is 1. The average molecular weight is 436 g/mol. The van der Waals surface area contributed by atoms with Crippen LogP contribution in [0.4, 0.5) is 5.69 Å². The monoisotopic (exact) mass is 435 g/mol. The Labute approximate surface area is 182 Å². The van der Waals surface area contributed by atoms with Gasteiger partial charge in [0.1, 0.15) is 18.1 Å². The lowest BCUT2D eigenvalue weighted by molar-refractivity contribution is -0.122. The maximum absolute atomic E-state index is 12.6. The number of carbonyl (C=O) groups is 1. The predicted octanol–water partition coefficient (Wildman–Crippen LogP) is 4.05. The van der Waals surface area contributed by atoms with Crippen molar-refractivity contribution in [2.75, 3.05) is 5.32 Å². The molecule has 0 saturated heterocycles. The second kappa shape index (κ2) is 9.01. The van der Waals surface area contributed by atoms with Crippen LogP contribution in [0, 0.1) is 6.92 Å². The van der Waals surface area contributed by atoms with E-state index in [1.165, 1.54) is 17.4 Å². The maximum atomic E-state index is 12.6. The van der Waals surface area contributed by atoms with Crippen LogP contribution in [-0.2, 0) is 11.4 Å². The molecule has 0 spiro atoms. The highest BCUT2D eigenvalue weighted by atomic mass is 32.1. The minimum Gasteiger partial charge on any atom is -0.485 e. The molecule has 0 bridgehead atoms. The third-order valence-electron chi connectivity index (χ3n) is 4.57. The van der Waals surface area contributed by atoms with Gasteiger partial charge in [-0.1, -0.05) is 30.3 Å². The first kappa shape index (κ1) is 20.6. The molecule has 2 aromatic carbocycles. The highest BCUT2D eigenvalue weighted by molar-refractivity contribution is 7.15. The zero-order chi connectivity index (χ0) is 21.8.